The van der Waals surface area contributed by atoms with Crippen molar-refractivity contribution in [3.8, 4) is 17.0 Å². The highest BCUT2D eigenvalue weighted by atomic mass is 19.4. The van der Waals surface area contributed by atoms with Gasteiger partial charge in [-0.25, -0.2) is 4.98 Å². The van der Waals surface area contributed by atoms with Gasteiger partial charge in [-0.05, 0) is 36.8 Å². The quantitative estimate of drug-likeness (QED) is 0.835. The molecule has 0 spiro atoms. The van der Waals surface area contributed by atoms with E-state index in [1.165, 1.54) is 13.1 Å². The number of nitrogen functional groups attached to an aromatic ring is 1. The molecule has 7 heteroatoms. The molecule has 0 radical (unpaired) electrons. The van der Waals surface area contributed by atoms with Crippen LogP contribution in [0.2, 0.25) is 0 Å². The van der Waals surface area contributed by atoms with Crippen LogP contribution >= 0.6 is 0 Å². The van der Waals surface area contributed by atoms with Gasteiger partial charge in [-0.2, -0.15) is 13.2 Å². The summed E-state index contributed by atoms with van der Waals surface area (Å²) in [4.78, 5) is 7.94. The normalized spacial score (nSPS) is 12.0. The first-order valence-corrected chi connectivity index (χ1v) is 6.34. The number of aliphatic imine (C=N–C) groups is 1. The lowest BCUT2D eigenvalue weighted by Gasteiger charge is -2.13. The van der Waals surface area contributed by atoms with Crippen molar-refractivity contribution in [2.24, 2.45) is 4.99 Å². The third-order valence-electron chi connectivity index (χ3n) is 3.12. The number of hydrogen-bond donors (Lipinski definition) is 2. The highest BCUT2D eigenvalue weighted by Gasteiger charge is 2.32. The van der Waals surface area contributed by atoms with Crippen molar-refractivity contribution < 1.29 is 18.3 Å². The maximum atomic E-state index is 12.7. The number of pyridine rings is 1. The van der Waals surface area contributed by atoms with Crippen LogP contribution in [0.4, 0.5) is 19.0 Å². The number of benzene rings is 1. The zero-order valence-electron chi connectivity index (χ0n) is 11.9. The van der Waals surface area contributed by atoms with Crippen molar-refractivity contribution >= 4 is 12.0 Å². The fourth-order valence-electron chi connectivity index (χ4n) is 2.14. The number of anilines is 1. The number of aromatic nitrogens is 1. The predicted molar refractivity (Wildman–Crippen MR) is 79.0 cm³/mol. The van der Waals surface area contributed by atoms with Crippen molar-refractivity contribution in [3.63, 3.8) is 0 Å². The third-order valence-corrected chi connectivity index (χ3v) is 3.12. The molecule has 0 aliphatic heterocycles. The van der Waals surface area contributed by atoms with Gasteiger partial charge in [0.05, 0.1) is 11.3 Å². The van der Waals surface area contributed by atoms with E-state index in [1.54, 1.807) is 19.2 Å². The highest BCUT2D eigenvalue weighted by molar-refractivity contribution is 5.86. The Labute approximate surface area is 125 Å². The van der Waals surface area contributed by atoms with Gasteiger partial charge in [-0.15, -0.1) is 0 Å². The van der Waals surface area contributed by atoms with Gasteiger partial charge >= 0.3 is 6.18 Å². The van der Waals surface area contributed by atoms with E-state index in [4.69, 9.17) is 5.73 Å². The second-order valence-electron chi connectivity index (χ2n) is 4.74. The Balaban J connectivity index is 2.56. The van der Waals surface area contributed by atoms with Gasteiger partial charge in [0.25, 0.3) is 0 Å². The van der Waals surface area contributed by atoms with Crippen LogP contribution < -0.4 is 5.73 Å². The minimum Gasteiger partial charge on any atom is -0.507 e. The summed E-state index contributed by atoms with van der Waals surface area (Å²) in [6, 6.07) is 4.86. The lowest BCUT2D eigenvalue weighted by Crippen LogP contribution is -2.06. The summed E-state index contributed by atoms with van der Waals surface area (Å²) in [6.07, 6.45) is -3.00. The standard InChI is InChI=1S/C15H14F3N3O/c1-8-5-10(15(16,17)18)6-12(22)13(8)11-4-3-9(7-20-2)14(19)21-11/h3-7,22H,1-2H3,(H2,19,21). The molecule has 0 aliphatic rings. The number of phenolic OH excluding ortho intramolecular Hbond substituents is 1. The first-order valence-electron chi connectivity index (χ1n) is 6.34. The van der Waals surface area contributed by atoms with Gasteiger partial charge in [0.1, 0.15) is 11.6 Å². The molecule has 1 aromatic carbocycles. The van der Waals surface area contributed by atoms with E-state index in [9.17, 15) is 18.3 Å². The number of aryl methyl sites for hydroxylation is 1. The number of nitrogens with zero attached hydrogens (tertiary/aromatic N) is 2. The summed E-state index contributed by atoms with van der Waals surface area (Å²) in [5.41, 5.74) is 6.25. The lowest BCUT2D eigenvalue weighted by atomic mass is 10.00. The van der Waals surface area contributed by atoms with Crippen molar-refractivity contribution in [1.82, 2.24) is 4.98 Å². The average molecular weight is 309 g/mol. The molecule has 1 heterocycles. The fourth-order valence-corrected chi connectivity index (χ4v) is 2.14. The van der Waals surface area contributed by atoms with Gasteiger partial charge in [0.2, 0.25) is 0 Å². The molecule has 0 saturated carbocycles. The van der Waals surface area contributed by atoms with Crippen LogP contribution in [0.15, 0.2) is 29.3 Å². The molecule has 116 valence electrons. The lowest BCUT2D eigenvalue weighted by molar-refractivity contribution is -0.137. The summed E-state index contributed by atoms with van der Waals surface area (Å²) in [7, 11) is 1.58. The Morgan fingerprint density at radius 3 is 2.45 bits per heavy atom. The molecule has 0 fully saturated rings. The van der Waals surface area contributed by atoms with Crippen LogP contribution in [-0.4, -0.2) is 23.4 Å². The molecule has 3 N–H and O–H groups in total. The third kappa shape index (κ3) is 3.03. The van der Waals surface area contributed by atoms with Crippen LogP contribution in [0, 0.1) is 6.92 Å². The predicted octanol–water partition coefficient (Wildman–Crippen LogP) is 3.41. The Hall–Kier alpha value is -2.57. The molecule has 22 heavy (non-hydrogen) atoms. The van der Waals surface area contributed by atoms with Crippen LogP contribution in [-0.2, 0) is 6.18 Å². The molecule has 0 unspecified atom stereocenters. The second kappa shape index (κ2) is 5.67. The van der Waals surface area contributed by atoms with Gasteiger partial charge in [-0.3, -0.25) is 4.99 Å². The molecule has 0 atom stereocenters. The van der Waals surface area contributed by atoms with E-state index in [1.807, 2.05) is 0 Å². The van der Waals surface area contributed by atoms with Crippen LogP contribution in [0.25, 0.3) is 11.3 Å². The van der Waals surface area contributed by atoms with E-state index in [2.05, 4.69) is 9.98 Å². The van der Waals surface area contributed by atoms with Crippen LogP contribution in [0.5, 0.6) is 5.75 Å². The van der Waals surface area contributed by atoms with Gasteiger partial charge < -0.3 is 10.8 Å². The second-order valence-corrected chi connectivity index (χ2v) is 4.74. The molecule has 0 aliphatic carbocycles. The number of hydrogen-bond acceptors (Lipinski definition) is 4. The molecule has 0 bridgehead atoms. The summed E-state index contributed by atoms with van der Waals surface area (Å²) in [5, 5.41) is 9.95. The summed E-state index contributed by atoms with van der Waals surface area (Å²) in [6.45, 7) is 1.48. The molecule has 0 saturated heterocycles. The number of rotatable bonds is 2. The molecule has 1 aromatic heterocycles. The Morgan fingerprint density at radius 1 is 1.27 bits per heavy atom. The molecular weight excluding hydrogens is 295 g/mol. The largest absolute Gasteiger partial charge is 0.507 e. The summed E-state index contributed by atoms with van der Waals surface area (Å²) >= 11 is 0. The molecule has 0 amide bonds. The zero-order valence-corrected chi connectivity index (χ0v) is 11.9. The molecule has 2 aromatic rings. The Kier molecular flexibility index (Phi) is 4.07. The minimum absolute atomic E-state index is 0.182. The van der Waals surface area contributed by atoms with Gasteiger partial charge in [0.15, 0.2) is 0 Å². The van der Waals surface area contributed by atoms with Crippen molar-refractivity contribution in [2.45, 2.75) is 13.1 Å². The maximum Gasteiger partial charge on any atom is 0.416 e. The minimum atomic E-state index is -4.52. The Morgan fingerprint density at radius 2 is 1.95 bits per heavy atom. The smallest absolute Gasteiger partial charge is 0.416 e. The van der Waals surface area contributed by atoms with Crippen molar-refractivity contribution in [1.29, 1.82) is 0 Å². The van der Waals surface area contributed by atoms with Crippen molar-refractivity contribution in [3.05, 3.63) is 41.0 Å². The van der Waals surface area contributed by atoms with Crippen LogP contribution in [0.3, 0.4) is 0 Å². The topological polar surface area (TPSA) is 71.5 Å². The van der Waals surface area contributed by atoms with E-state index in [0.717, 1.165) is 6.07 Å². The molecule has 4 nitrogen and oxygen atoms in total. The average Bonchev–Trinajstić information content (AvgIpc) is 2.40. The van der Waals surface area contributed by atoms with Crippen molar-refractivity contribution in [2.75, 3.05) is 12.8 Å². The number of phenols is 1. The fraction of sp³-hybridized carbons (Fsp3) is 0.200. The van der Waals surface area contributed by atoms with E-state index >= 15 is 0 Å². The maximum absolute atomic E-state index is 12.7. The first kappa shape index (κ1) is 15.8. The SMILES string of the molecule is CN=Cc1ccc(-c2c(C)cc(C(F)(F)F)cc2O)nc1N. The molecule has 2 rings (SSSR count). The molecular formula is C15H14F3N3O. The number of halogens is 3. The number of nitrogens with two attached hydrogens (primary N) is 1. The summed E-state index contributed by atoms with van der Waals surface area (Å²) in [5.74, 6) is -0.307. The van der Waals surface area contributed by atoms with E-state index < -0.39 is 17.5 Å². The van der Waals surface area contributed by atoms with Gasteiger partial charge in [0, 0.05) is 24.4 Å². The Bertz CT molecular complexity index is 716. The van der Waals surface area contributed by atoms with Gasteiger partial charge in [-0.1, -0.05) is 0 Å². The van der Waals surface area contributed by atoms with E-state index in [0.29, 0.717) is 17.3 Å². The zero-order chi connectivity index (χ0) is 16.5. The first-order chi connectivity index (χ1) is 10.2. The van der Waals surface area contributed by atoms with Crippen LogP contribution in [0.1, 0.15) is 16.7 Å². The number of alkyl halides is 3. The van der Waals surface area contributed by atoms with E-state index in [-0.39, 0.29) is 16.9 Å². The summed E-state index contributed by atoms with van der Waals surface area (Å²) < 4.78 is 38.2. The highest BCUT2D eigenvalue weighted by Crippen LogP contribution is 2.38. The monoisotopic (exact) mass is 309 g/mol. The number of aromatic hydroxyl groups is 1.